The fourth-order valence-corrected chi connectivity index (χ4v) is 1.96. The van der Waals surface area contributed by atoms with Crippen LogP contribution in [0.2, 0.25) is 10.0 Å². The van der Waals surface area contributed by atoms with Crippen LogP contribution in [-0.2, 0) is 0 Å². The summed E-state index contributed by atoms with van der Waals surface area (Å²) in [6.45, 7) is 4.80. The molecule has 0 saturated carbocycles. The number of rotatable bonds is 4. The van der Waals surface area contributed by atoms with Crippen LogP contribution >= 0.6 is 23.2 Å². The van der Waals surface area contributed by atoms with E-state index in [1.165, 1.54) is 0 Å². The van der Waals surface area contributed by atoms with Gasteiger partial charge >= 0.3 is 0 Å². The standard InChI is InChI=1S/C12H13Cl2N3O/c1-3-15-7(2)11-16-17-12(18-11)8-5-4-6-9(13)10(8)14/h4-7,15H,3H2,1-2H3. The fourth-order valence-electron chi connectivity index (χ4n) is 1.58. The van der Waals surface area contributed by atoms with E-state index in [9.17, 15) is 0 Å². The highest BCUT2D eigenvalue weighted by atomic mass is 35.5. The van der Waals surface area contributed by atoms with E-state index in [1.54, 1.807) is 18.2 Å². The van der Waals surface area contributed by atoms with Gasteiger partial charge in [0.1, 0.15) is 0 Å². The van der Waals surface area contributed by atoms with E-state index in [0.717, 1.165) is 6.54 Å². The molecule has 18 heavy (non-hydrogen) atoms. The fraction of sp³-hybridized carbons (Fsp3) is 0.333. The van der Waals surface area contributed by atoms with Gasteiger partial charge in [0.25, 0.3) is 0 Å². The first-order valence-electron chi connectivity index (χ1n) is 5.64. The second-order valence-electron chi connectivity index (χ2n) is 3.83. The molecule has 2 rings (SSSR count). The zero-order chi connectivity index (χ0) is 13.1. The zero-order valence-corrected chi connectivity index (χ0v) is 11.6. The first kappa shape index (κ1) is 13.3. The van der Waals surface area contributed by atoms with Gasteiger partial charge in [-0.25, -0.2) is 0 Å². The Labute approximate surface area is 115 Å². The summed E-state index contributed by atoms with van der Waals surface area (Å²) in [6.07, 6.45) is 0. The van der Waals surface area contributed by atoms with Gasteiger partial charge in [0.15, 0.2) is 0 Å². The molecule has 0 aliphatic heterocycles. The average Bonchev–Trinajstić information content (AvgIpc) is 2.82. The van der Waals surface area contributed by atoms with Crippen LogP contribution in [-0.4, -0.2) is 16.7 Å². The van der Waals surface area contributed by atoms with Crippen LogP contribution in [0.4, 0.5) is 0 Å². The van der Waals surface area contributed by atoms with Gasteiger partial charge in [-0.1, -0.05) is 36.2 Å². The minimum absolute atomic E-state index is 0.00853. The summed E-state index contributed by atoms with van der Waals surface area (Å²) in [5.74, 6) is 0.908. The van der Waals surface area contributed by atoms with Gasteiger partial charge in [-0.15, -0.1) is 10.2 Å². The van der Waals surface area contributed by atoms with E-state index in [1.807, 2.05) is 13.8 Å². The molecule has 2 aromatic rings. The molecule has 0 amide bonds. The SMILES string of the molecule is CCNC(C)c1nnc(-c2cccc(Cl)c2Cl)o1. The number of benzene rings is 1. The van der Waals surface area contributed by atoms with Crippen LogP contribution in [0.3, 0.4) is 0 Å². The highest BCUT2D eigenvalue weighted by Gasteiger charge is 2.16. The van der Waals surface area contributed by atoms with Gasteiger partial charge in [0, 0.05) is 0 Å². The first-order chi connectivity index (χ1) is 8.63. The molecule has 0 saturated heterocycles. The summed E-state index contributed by atoms with van der Waals surface area (Å²) in [7, 11) is 0. The Hall–Kier alpha value is -1.10. The van der Waals surface area contributed by atoms with E-state index in [4.69, 9.17) is 27.6 Å². The third-order valence-electron chi connectivity index (χ3n) is 2.50. The first-order valence-corrected chi connectivity index (χ1v) is 6.40. The third kappa shape index (κ3) is 2.66. The normalized spacial score (nSPS) is 12.7. The van der Waals surface area contributed by atoms with Crippen LogP contribution in [0.15, 0.2) is 22.6 Å². The van der Waals surface area contributed by atoms with E-state index >= 15 is 0 Å². The lowest BCUT2D eigenvalue weighted by molar-refractivity contribution is 0.429. The molecule has 1 atom stereocenters. The molecular formula is C12H13Cl2N3O. The van der Waals surface area contributed by atoms with Gasteiger partial charge in [-0.3, -0.25) is 0 Å². The van der Waals surface area contributed by atoms with Crippen molar-refractivity contribution in [2.45, 2.75) is 19.9 Å². The highest BCUT2D eigenvalue weighted by Crippen LogP contribution is 2.33. The van der Waals surface area contributed by atoms with Crippen molar-refractivity contribution in [1.29, 1.82) is 0 Å². The lowest BCUT2D eigenvalue weighted by Gasteiger charge is -2.06. The Kier molecular flexibility index (Phi) is 4.22. The predicted molar refractivity (Wildman–Crippen MR) is 71.8 cm³/mol. The molecule has 1 unspecified atom stereocenters. The van der Waals surface area contributed by atoms with Crippen molar-refractivity contribution in [3.05, 3.63) is 34.1 Å². The molecule has 0 spiro atoms. The number of nitrogens with zero attached hydrogens (tertiary/aromatic N) is 2. The predicted octanol–water partition coefficient (Wildman–Crippen LogP) is 3.71. The molecular weight excluding hydrogens is 273 g/mol. The maximum atomic E-state index is 6.10. The van der Waals surface area contributed by atoms with Crippen LogP contribution in [0, 0.1) is 0 Å². The number of halogens is 2. The molecule has 0 bridgehead atoms. The minimum atomic E-state index is 0.00853. The maximum absolute atomic E-state index is 6.10. The van der Waals surface area contributed by atoms with Crippen molar-refractivity contribution in [2.75, 3.05) is 6.54 Å². The summed E-state index contributed by atoms with van der Waals surface area (Å²) in [5.41, 5.74) is 0.645. The van der Waals surface area contributed by atoms with Crippen molar-refractivity contribution >= 4 is 23.2 Å². The second-order valence-corrected chi connectivity index (χ2v) is 4.61. The molecule has 1 N–H and O–H groups in total. The van der Waals surface area contributed by atoms with Crippen LogP contribution in [0.25, 0.3) is 11.5 Å². The van der Waals surface area contributed by atoms with Crippen LogP contribution in [0.1, 0.15) is 25.8 Å². The van der Waals surface area contributed by atoms with Gasteiger partial charge < -0.3 is 9.73 Å². The lowest BCUT2D eigenvalue weighted by atomic mass is 10.2. The van der Waals surface area contributed by atoms with Crippen LogP contribution < -0.4 is 5.32 Å². The molecule has 0 fully saturated rings. The van der Waals surface area contributed by atoms with Crippen molar-refractivity contribution in [3.63, 3.8) is 0 Å². The number of hydrogen-bond acceptors (Lipinski definition) is 4. The monoisotopic (exact) mass is 285 g/mol. The summed E-state index contributed by atoms with van der Waals surface area (Å²) >= 11 is 12.1. The second kappa shape index (κ2) is 5.69. The molecule has 6 heteroatoms. The summed E-state index contributed by atoms with van der Waals surface area (Å²) in [4.78, 5) is 0. The van der Waals surface area contributed by atoms with Crippen molar-refractivity contribution in [1.82, 2.24) is 15.5 Å². The third-order valence-corrected chi connectivity index (χ3v) is 3.32. The highest BCUT2D eigenvalue weighted by molar-refractivity contribution is 6.43. The molecule has 96 valence electrons. The molecule has 0 aliphatic carbocycles. The van der Waals surface area contributed by atoms with Gasteiger partial charge in [-0.05, 0) is 25.6 Å². The lowest BCUT2D eigenvalue weighted by Crippen LogP contribution is -2.17. The summed E-state index contributed by atoms with van der Waals surface area (Å²) in [5, 5.41) is 12.1. The van der Waals surface area contributed by atoms with Crippen molar-refractivity contribution < 1.29 is 4.42 Å². The maximum Gasteiger partial charge on any atom is 0.249 e. The largest absolute Gasteiger partial charge is 0.419 e. The Balaban J connectivity index is 2.32. The van der Waals surface area contributed by atoms with Crippen molar-refractivity contribution in [3.8, 4) is 11.5 Å². The number of aromatic nitrogens is 2. The molecule has 1 aromatic heterocycles. The summed E-state index contributed by atoms with van der Waals surface area (Å²) in [6, 6.07) is 5.31. The van der Waals surface area contributed by atoms with E-state index in [2.05, 4.69) is 15.5 Å². The van der Waals surface area contributed by atoms with Gasteiger partial charge in [-0.2, -0.15) is 0 Å². The Morgan fingerprint density at radius 3 is 2.83 bits per heavy atom. The topological polar surface area (TPSA) is 51.0 Å². The average molecular weight is 286 g/mol. The molecule has 0 radical (unpaired) electrons. The van der Waals surface area contributed by atoms with Crippen molar-refractivity contribution in [2.24, 2.45) is 0 Å². The smallest absolute Gasteiger partial charge is 0.249 e. The molecule has 1 heterocycles. The Morgan fingerprint density at radius 2 is 2.11 bits per heavy atom. The van der Waals surface area contributed by atoms with E-state index in [-0.39, 0.29) is 6.04 Å². The quantitative estimate of drug-likeness (QED) is 0.930. The van der Waals surface area contributed by atoms with Gasteiger partial charge in [0.05, 0.1) is 21.7 Å². The molecule has 4 nitrogen and oxygen atoms in total. The van der Waals surface area contributed by atoms with E-state index in [0.29, 0.717) is 27.4 Å². The minimum Gasteiger partial charge on any atom is -0.419 e. The van der Waals surface area contributed by atoms with Gasteiger partial charge in [0.2, 0.25) is 11.8 Å². The molecule has 0 aliphatic rings. The zero-order valence-electron chi connectivity index (χ0n) is 10.1. The van der Waals surface area contributed by atoms with Crippen LogP contribution in [0.5, 0.6) is 0 Å². The summed E-state index contributed by atoms with van der Waals surface area (Å²) < 4.78 is 5.59. The molecule has 1 aromatic carbocycles. The Bertz CT molecular complexity index is 542. The number of nitrogens with one attached hydrogen (secondary N) is 1. The Morgan fingerprint density at radius 1 is 1.33 bits per heavy atom. The number of hydrogen-bond donors (Lipinski definition) is 1. The van der Waals surface area contributed by atoms with E-state index < -0.39 is 0 Å².